The Kier molecular flexibility index (Phi) is 5.60. The van der Waals surface area contributed by atoms with E-state index < -0.39 is 11.9 Å². The monoisotopic (exact) mass is 340 g/mol. The van der Waals surface area contributed by atoms with E-state index in [2.05, 4.69) is 13.2 Å². The molecule has 2 rings (SSSR count). The molecule has 5 heteroatoms. The minimum absolute atomic E-state index is 0.315. The van der Waals surface area contributed by atoms with Gasteiger partial charge in [0.15, 0.2) is 0 Å². The molecule has 0 saturated heterocycles. The Hall–Kier alpha value is -3.08. The molecule has 130 valence electrons. The molecule has 1 aliphatic rings. The molecular weight excluding hydrogens is 320 g/mol. The molecule has 5 nitrogen and oxygen atoms in total. The van der Waals surface area contributed by atoms with Crippen LogP contribution in [0.15, 0.2) is 60.4 Å². The summed E-state index contributed by atoms with van der Waals surface area (Å²) < 4.78 is 15.9. The Morgan fingerprint density at radius 1 is 1.00 bits per heavy atom. The predicted octanol–water partition coefficient (Wildman–Crippen LogP) is 3.97. The summed E-state index contributed by atoms with van der Waals surface area (Å²) in [5.74, 6) is 0.525. The third kappa shape index (κ3) is 4.47. The smallest absolute Gasteiger partial charge is 0.338 e. The van der Waals surface area contributed by atoms with Gasteiger partial charge in [0, 0.05) is 29.2 Å². The Morgan fingerprint density at radius 2 is 1.64 bits per heavy atom. The quantitative estimate of drug-likeness (QED) is 0.445. The second-order valence-electron chi connectivity index (χ2n) is 5.70. The zero-order valence-corrected chi connectivity index (χ0v) is 14.5. The van der Waals surface area contributed by atoms with E-state index in [9.17, 15) is 9.59 Å². The fraction of sp³-hybridized carbons (Fsp3) is 0.200. The first kappa shape index (κ1) is 18.3. The van der Waals surface area contributed by atoms with Gasteiger partial charge in [-0.1, -0.05) is 19.2 Å². The van der Waals surface area contributed by atoms with Crippen molar-refractivity contribution < 1.29 is 23.8 Å². The number of esters is 2. The molecule has 1 aromatic rings. The molecule has 0 amide bonds. The number of methoxy groups -OCH3 is 1. The Labute approximate surface area is 146 Å². The number of ether oxygens (including phenoxy) is 3. The van der Waals surface area contributed by atoms with Crippen molar-refractivity contribution in [1.29, 1.82) is 0 Å². The van der Waals surface area contributed by atoms with Gasteiger partial charge in [0.25, 0.3) is 0 Å². The third-order valence-corrected chi connectivity index (χ3v) is 3.49. The van der Waals surface area contributed by atoms with E-state index in [0.717, 1.165) is 11.1 Å². The minimum Gasteiger partial charge on any atom is -0.496 e. The van der Waals surface area contributed by atoms with E-state index >= 15 is 0 Å². The summed E-state index contributed by atoms with van der Waals surface area (Å²) in [5, 5.41) is 0. The maximum Gasteiger partial charge on any atom is 0.338 e. The number of rotatable bonds is 6. The molecule has 0 unspecified atom stereocenters. The van der Waals surface area contributed by atoms with Crippen LogP contribution < -0.4 is 9.47 Å². The van der Waals surface area contributed by atoms with Crippen LogP contribution in [0.5, 0.6) is 11.5 Å². The van der Waals surface area contributed by atoms with Crippen LogP contribution in [-0.2, 0) is 14.3 Å². The molecule has 1 aromatic carbocycles. The molecule has 0 atom stereocenters. The molecule has 0 aromatic heterocycles. The summed E-state index contributed by atoms with van der Waals surface area (Å²) >= 11 is 0. The van der Waals surface area contributed by atoms with Crippen LogP contribution in [0.4, 0.5) is 0 Å². The maximum atomic E-state index is 11.6. The van der Waals surface area contributed by atoms with Crippen LogP contribution in [0.3, 0.4) is 0 Å². The number of allylic oxidation sites excluding steroid dienone is 3. The fourth-order valence-corrected chi connectivity index (χ4v) is 2.15. The summed E-state index contributed by atoms with van der Waals surface area (Å²) in [5.41, 5.74) is 2.42. The van der Waals surface area contributed by atoms with Gasteiger partial charge < -0.3 is 14.2 Å². The fourth-order valence-electron chi connectivity index (χ4n) is 2.15. The molecule has 0 aliphatic heterocycles. The van der Waals surface area contributed by atoms with Crippen LogP contribution in [-0.4, -0.2) is 19.0 Å². The lowest BCUT2D eigenvalue weighted by Crippen LogP contribution is -2.08. The third-order valence-electron chi connectivity index (χ3n) is 3.49. The predicted molar refractivity (Wildman–Crippen MR) is 95.0 cm³/mol. The zero-order valence-electron chi connectivity index (χ0n) is 14.5. The normalized spacial score (nSPS) is 12.8. The van der Waals surface area contributed by atoms with E-state index in [1.165, 1.54) is 7.11 Å². The summed E-state index contributed by atoms with van der Waals surface area (Å²) in [6.45, 7) is 10.3. The van der Waals surface area contributed by atoms with Gasteiger partial charge in [-0.15, -0.1) is 0 Å². The standard InChI is InChI=1S/C20H20O5/c1-12(2)19(21)24-15-7-6-14(10-15)17-9-8-16(11-18(17)23-5)25-20(22)13(3)4/h6-9,11H,1,3,10H2,2,4-5H3. The highest BCUT2D eigenvalue weighted by Crippen LogP contribution is 2.36. The van der Waals surface area contributed by atoms with Crippen LogP contribution in [0.25, 0.3) is 5.57 Å². The zero-order chi connectivity index (χ0) is 18.6. The average molecular weight is 340 g/mol. The van der Waals surface area contributed by atoms with Crippen molar-refractivity contribution >= 4 is 17.5 Å². The van der Waals surface area contributed by atoms with E-state index in [1.807, 2.05) is 6.08 Å². The van der Waals surface area contributed by atoms with Gasteiger partial charge in [-0.2, -0.15) is 0 Å². The van der Waals surface area contributed by atoms with Gasteiger partial charge in [-0.05, 0) is 37.6 Å². The molecule has 0 bridgehead atoms. The molecule has 0 spiro atoms. The minimum atomic E-state index is -0.495. The topological polar surface area (TPSA) is 61.8 Å². The van der Waals surface area contributed by atoms with Crippen molar-refractivity contribution in [1.82, 2.24) is 0 Å². The molecule has 1 aliphatic carbocycles. The largest absolute Gasteiger partial charge is 0.496 e. The Balaban J connectivity index is 2.13. The lowest BCUT2D eigenvalue weighted by molar-refractivity contribution is -0.135. The second-order valence-corrected chi connectivity index (χ2v) is 5.70. The van der Waals surface area contributed by atoms with Gasteiger partial charge in [0.1, 0.15) is 17.3 Å². The van der Waals surface area contributed by atoms with E-state index in [1.54, 1.807) is 38.1 Å². The van der Waals surface area contributed by atoms with Crippen molar-refractivity contribution in [3.8, 4) is 11.5 Å². The number of carbonyl (C=O) groups excluding carboxylic acids is 2. The number of hydrogen-bond donors (Lipinski definition) is 0. The van der Waals surface area contributed by atoms with Crippen molar-refractivity contribution in [2.24, 2.45) is 0 Å². The lowest BCUT2D eigenvalue weighted by Gasteiger charge is -2.13. The number of hydrogen-bond acceptors (Lipinski definition) is 5. The average Bonchev–Trinajstić information content (AvgIpc) is 3.02. The molecule has 0 saturated carbocycles. The van der Waals surface area contributed by atoms with Gasteiger partial charge in [0.2, 0.25) is 0 Å². The van der Waals surface area contributed by atoms with Crippen molar-refractivity contribution in [3.05, 3.63) is 66.0 Å². The van der Waals surface area contributed by atoms with Gasteiger partial charge in [-0.25, -0.2) is 9.59 Å². The van der Waals surface area contributed by atoms with Crippen LogP contribution in [0.2, 0.25) is 0 Å². The van der Waals surface area contributed by atoms with Crippen molar-refractivity contribution in [3.63, 3.8) is 0 Å². The Bertz CT molecular complexity index is 811. The molecule has 0 fully saturated rings. The molecule has 0 radical (unpaired) electrons. The first-order valence-electron chi connectivity index (χ1n) is 7.65. The summed E-state index contributed by atoms with van der Waals surface area (Å²) in [7, 11) is 1.54. The van der Waals surface area contributed by atoms with Gasteiger partial charge in [0.05, 0.1) is 7.11 Å². The lowest BCUT2D eigenvalue weighted by atomic mass is 10.0. The Morgan fingerprint density at radius 3 is 2.24 bits per heavy atom. The summed E-state index contributed by atoms with van der Waals surface area (Å²) in [6.07, 6.45) is 4.06. The van der Waals surface area contributed by atoms with E-state index in [0.29, 0.717) is 34.8 Å². The summed E-state index contributed by atoms with van der Waals surface area (Å²) in [6, 6.07) is 5.11. The molecular formula is C20H20O5. The van der Waals surface area contributed by atoms with Gasteiger partial charge in [-0.3, -0.25) is 0 Å². The van der Waals surface area contributed by atoms with E-state index in [-0.39, 0.29) is 0 Å². The highest BCUT2D eigenvalue weighted by molar-refractivity contribution is 5.89. The highest BCUT2D eigenvalue weighted by Gasteiger charge is 2.18. The van der Waals surface area contributed by atoms with E-state index in [4.69, 9.17) is 14.2 Å². The van der Waals surface area contributed by atoms with Crippen molar-refractivity contribution in [2.45, 2.75) is 20.3 Å². The number of carbonyl (C=O) groups is 2. The summed E-state index contributed by atoms with van der Waals surface area (Å²) in [4.78, 5) is 23.2. The molecule has 0 N–H and O–H groups in total. The van der Waals surface area contributed by atoms with Crippen LogP contribution in [0, 0.1) is 0 Å². The second kappa shape index (κ2) is 7.66. The first-order valence-corrected chi connectivity index (χ1v) is 7.65. The molecule has 25 heavy (non-hydrogen) atoms. The highest BCUT2D eigenvalue weighted by atomic mass is 16.5. The number of benzene rings is 1. The van der Waals surface area contributed by atoms with Crippen LogP contribution >= 0.6 is 0 Å². The molecule has 0 heterocycles. The van der Waals surface area contributed by atoms with Crippen LogP contribution in [0.1, 0.15) is 25.8 Å². The maximum absolute atomic E-state index is 11.6. The SMILES string of the molecule is C=C(C)C(=O)OC1=CC=C(c2ccc(OC(=O)C(=C)C)cc2OC)C1. The van der Waals surface area contributed by atoms with Crippen molar-refractivity contribution in [2.75, 3.05) is 7.11 Å². The van der Waals surface area contributed by atoms with Gasteiger partial charge >= 0.3 is 11.9 Å². The first-order chi connectivity index (χ1) is 11.8.